The number of aliphatic hydroxyl groups excluding tert-OH is 1. The maximum absolute atomic E-state index is 13.4. The zero-order chi connectivity index (χ0) is 27.5. The molecule has 8 nitrogen and oxygen atoms in total. The first-order valence-corrected chi connectivity index (χ1v) is 12.8. The average molecular weight is 503 g/mol. The van der Waals surface area contributed by atoms with Crippen LogP contribution in [0.25, 0.3) is 0 Å². The fourth-order valence-corrected chi connectivity index (χ4v) is 5.10. The Bertz CT molecular complexity index is 693. The van der Waals surface area contributed by atoms with Crippen molar-refractivity contribution in [2.45, 2.75) is 112 Å². The Morgan fingerprint density at radius 3 is 2.09 bits per heavy atom. The van der Waals surface area contributed by atoms with Gasteiger partial charge in [0.2, 0.25) is 0 Å². The number of carbonyl (C=O) groups is 1. The summed E-state index contributed by atoms with van der Waals surface area (Å²) in [5, 5.41) is 9.23. The van der Waals surface area contributed by atoms with Crippen LogP contribution in [0.5, 0.6) is 0 Å². The van der Waals surface area contributed by atoms with Crippen LogP contribution < -0.4 is 11.5 Å². The summed E-state index contributed by atoms with van der Waals surface area (Å²) in [6, 6.07) is 0. The van der Waals surface area contributed by atoms with Gasteiger partial charge in [-0.25, -0.2) is 0 Å². The molecule has 3 atom stereocenters. The molecule has 0 bridgehead atoms. The molecule has 3 unspecified atom stereocenters. The molecule has 0 amide bonds. The Labute approximate surface area is 213 Å². The van der Waals surface area contributed by atoms with Crippen molar-refractivity contribution in [3.8, 4) is 0 Å². The van der Waals surface area contributed by atoms with Gasteiger partial charge in [0.05, 0.1) is 31.8 Å². The van der Waals surface area contributed by atoms with Crippen LogP contribution in [-0.2, 0) is 23.7 Å². The number of rotatable bonds is 14. The van der Waals surface area contributed by atoms with Gasteiger partial charge in [-0.15, -0.1) is 0 Å². The van der Waals surface area contributed by atoms with Gasteiger partial charge in [-0.1, -0.05) is 27.7 Å². The van der Waals surface area contributed by atoms with Crippen molar-refractivity contribution in [2.75, 3.05) is 33.0 Å². The average Bonchev–Trinajstić information content (AvgIpc) is 3.01. The van der Waals surface area contributed by atoms with E-state index in [-0.39, 0.29) is 36.6 Å². The first-order chi connectivity index (χ1) is 15.6. The molecule has 1 rings (SSSR count). The zero-order valence-corrected chi connectivity index (χ0v) is 24.2. The van der Waals surface area contributed by atoms with E-state index in [2.05, 4.69) is 27.7 Å². The molecule has 1 aliphatic rings. The lowest BCUT2D eigenvalue weighted by molar-refractivity contribution is -0.175. The van der Waals surface area contributed by atoms with Crippen LogP contribution >= 0.6 is 0 Å². The quantitative estimate of drug-likeness (QED) is 0.308. The number of aliphatic hydroxyl groups is 1. The molecule has 0 aromatic rings. The van der Waals surface area contributed by atoms with Crippen molar-refractivity contribution in [3.05, 3.63) is 0 Å². The van der Waals surface area contributed by atoms with E-state index in [1.54, 1.807) is 0 Å². The van der Waals surface area contributed by atoms with Gasteiger partial charge in [-0.2, -0.15) is 0 Å². The molecule has 0 radical (unpaired) electrons. The minimum absolute atomic E-state index is 0.0238. The summed E-state index contributed by atoms with van der Waals surface area (Å²) in [5.41, 5.74) is 10.2. The summed E-state index contributed by atoms with van der Waals surface area (Å²) in [6.45, 7) is 23.3. The highest BCUT2D eigenvalue weighted by molar-refractivity contribution is 5.78. The first-order valence-electron chi connectivity index (χ1n) is 12.8. The van der Waals surface area contributed by atoms with Gasteiger partial charge in [0.15, 0.2) is 5.79 Å². The number of nitrogens with two attached hydrogens (primary N) is 2. The molecule has 0 aromatic heterocycles. The van der Waals surface area contributed by atoms with E-state index in [9.17, 15) is 9.90 Å². The molecule has 1 saturated heterocycles. The summed E-state index contributed by atoms with van der Waals surface area (Å²) >= 11 is 0. The highest BCUT2D eigenvalue weighted by Crippen LogP contribution is 2.57. The van der Waals surface area contributed by atoms with E-state index in [4.69, 9.17) is 30.4 Å². The van der Waals surface area contributed by atoms with Crippen molar-refractivity contribution in [3.63, 3.8) is 0 Å². The number of carbonyl (C=O) groups excluding carboxylic acids is 1. The largest absolute Gasteiger partial charge is 0.463 e. The van der Waals surface area contributed by atoms with Crippen molar-refractivity contribution in [1.82, 2.24) is 0 Å². The molecule has 0 saturated carbocycles. The molecule has 1 fully saturated rings. The third-order valence-corrected chi connectivity index (χ3v) is 8.15. The van der Waals surface area contributed by atoms with Crippen LogP contribution in [0.1, 0.15) is 89.0 Å². The van der Waals surface area contributed by atoms with E-state index in [1.165, 1.54) is 0 Å². The SMILES string of the molecule is CC(C)(N)CC(C)(C(=O)OCCO)C(C)(C)C(C)(C)CC(COCC1COC(C)(C)O1)C(C)(C)N. The zero-order valence-electron chi connectivity index (χ0n) is 24.2. The molecule has 0 aromatic carbocycles. The van der Waals surface area contributed by atoms with Crippen LogP contribution in [0, 0.1) is 22.2 Å². The molecular weight excluding hydrogens is 448 g/mol. The highest BCUT2D eigenvalue weighted by Gasteiger charge is 2.57. The third-order valence-electron chi connectivity index (χ3n) is 8.15. The highest BCUT2D eigenvalue weighted by atomic mass is 16.7. The second-order valence-corrected chi connectivity index (χ2v) is 13.6. The van der Waals surface area contributed by atoms with Gasteiger partial charge in [0.25, 0.3) is 0 Å². The van der Waals surface area contributed by atoms with Crippen molar-refractivity contribution >= 4 is 5.97 Å². The molecule has 1 heterocycles. The van der Waals surface area contributed by atoms with E-state index in [0.717, 1.165) is 6.42 Å². The molecule has 208 valence electrons. The lowest BCUT2D eigenvalue weighted by atomic mass is 9.49. The monoisotopic (exact) mass is 502 g/mol. The minimum atomic E-state index is -0.894. The van der Waals surface area contributed by atoms with Gasteiger partial charge < -0.3 is 35.5 Å². The lowest BCUT2D eigenvalue weighted by Crippen LogP contribution is -2.57. The second kappa shape index (κ2) is 11.3. The van der Waals surface area contributed by atoms with Gasteiger partial charge in [-0.3, -0.25) is 4.79 Å². The van der Waals surface area contributed by atoms with Gasteiger partial charge in [0, 0.05) is 17.0 Å². The third kappa shape index (κ3) is 8.64. The molecule has 1 aliphatic heterocycles. The summed E-state index contributed by atoms with van der Waals surface area (Å²) in [6.07, 6.45) is 1.06. The summed E-state index contributed by atoms with van der Waals surface area (Å²) in [4.78, 5) is 13.4. The fraction of sp³-hybridized carbons (Fsp3) is 0.963. The van der Waals surface area contributed by atoms with E-state index in [1.807, 2.05) is 48.5 Å². The Hall–Kier alpha value is -0.770. The molecule has 0 spiro atoms. The predicted octanol–water partition coefficient (Wildman–Crippen LogP) is 3.62. The standard InChI is InChI=1S/C27H54N2O6/c1-22(2,25(7,8)27(11,18-23(3,4)28)21(31)33-13-12-30)14-19(24(5,6)29)15-32-16-20-17-34-26(9,10)35-20/h19-20,30H,12-18,28-29H2,1-11H3. The Balaban J connectivity index is 3.12. The maximum atomic E-state index is 13.4. The van der Waals surface area contributed by atoms with Gasteiger partial charge in [-0.05, 0) is 72.1 Å². The minimum Gasteiger partial charge on any atom is -0.463 e. The number of esters is 1. The molecule has 0 aliphatic carbocycles. The number of hydrogen-bond acceptors (Lipinski definition) is 8. The first kappa shape index (κ1) is 32.3. The van der Waals surface area contributed by atoms with Crippen LogP contribution in [0.4, 0.5) is 0 Å². The van der Waals surface area contributed by atoms with Gasteiger partial charge >= 0.3 is 5.97 Å². The lowest BCUT2D eigenvalue weighted by Gasteiger charge is -2.55. The normalized spacial score (nSPS) is 22.1. The van der Waals surface area contributed by atoms with Crippen LogP contribution in [0.15, 0.2) is 0 Å². The van der Waals surface area contributed by atoms with Gasteiger partial charge in [0.1, 0.15) is 12.7 Å². The second-order valence-electron chi connectivity index (χ2n) is 13.6. The van der Waals surface area contributed by atoms with Crippen molar-refractivity contribution < 1.29 is 28.8 Å². The molecule has 35 heavy (non-hydrogen) atoms. The number of ether oxygens (including phenoxy) is 4. The fourth-order valence-electron chi connectivity index (χ4n) is 5.10. The van der Waals surface area contributed by atoms with Crippen molar-refractivity contribution in [1.29, 1.82) is 0 Å². The molecular formula is C27H54N2O6. The Morgan fingerprint density at radius 2 is 1.66 bits per heavy atom. The van der Waals surface area contributed by atoms with Crippen molar-refractivity contribution in [2.24, 2.45) is 33.6 Å². The Kier molecular flexibility index (Phi) is 10.4. The summed E-state index contributed by atoms with van der Waals surface area (Å²) in [5.74, 6) is -0.905. The van der Waals surface area contributed by atoms with E-state index >= 15 is 0 Å². The molecule has 5 N–H and O–H groups in total. The summed E-state index contributed by atoms with van der Waals surface area (Å²) < 4.78 is 23.1. The Morgan fingerprint density at radius 1 is 1.09 bits per heavy atom. The van der Waals surface area contributed by atoms with Crippen LogP contribution in [0.2, 0.25) is 0 Å². The predicted molar refractivity (Wildman–Crippen MR) is 139 cm³/mol. The topological polar surface area (TPSA) is 126 Å². The summed E-state index contributed by atoms with van der Waals surface area (Å²) in [7, 11) is 0. The number of hydrogen-bond donors (Lipinski definition) is 3. The van der Waals surface area contributed by atoms with E-state index in [0.29, 0.717) is 26.2 Å². The smallest absolute Gasteiger partial charge is 0.312 e. The van der Waals surface area contributed by atoms with E-state index < -0.39 is 27.7 Å². The molecule has 8 heteroatoms. The van der Waals surface area contributed by atoms with Crippen LogP contribution in [-0.4, -0.2) is 67.1 Å². The van der Waals surface area contributed by atoms with Crippen LogP contribution in [0.3, 0.4) is 0 Å². The maximum Gasteiger partial charge on any atom is 0.312 e.